The second kappa shape index (κ2) is 5.02. The zero-order chi connectivity index (χ0) is 13.3. The summed E-state index contributed by atoms with van der Waals surface area (Å²) in [5.74, 6) is 0.957. The van der Waals surface area contributed by atoms with Crippen molar-refractivity contribution in [1.29, 1.82) is 0 Å². The van der Waals surface area contributed by atoms with Crippen LogP contribution in [-0.4, -0.2) is 18.2 Å². The van der Waals surface area contributed by atoms with Gasteiger partial charge < -0.3 is 15.0 Å². The van der Waals surface area contributed by atoms with Crippen LogP contribution in [0.5, 0.6) is 5.75 Å². The van der Waals surface area contributed by atoms with E-state index in [0.717, 1.165) is 18.7 Å². The molecule has 1 aromatic carbocycles. The van der Waals surface area contributed by atoms with Crippen LogP contribution in [0.15, 0.2) is 12.1 Å². The molecule has 18 heavy (non-hydrogen) atoms. The number of fused-ring (bicyclic) bond motifs is 1. The Hall–Kier alpha value is -1.48. The monoisotopic (exact) mass is 246 g/mol. The fourth-order valence-corrected chi connectivity index (χ4v) is 2.56. The fraction of sp³-hybridized carbons (Fsp3) is 0.467. The van der Waals surface area contributed by atoms with Crippen molar-refractivity contribution in [2.75, 3.05) is 13.7 Å². The largest absolute Gasteiger partial charge is 0.495 e. The highest BCUT2D eigenvalue weighted by Gasteiger charge is 2.15. The number of hydrogen-bond donors (Lipinski definition) is 1. The van der Waals surface area contributed by atoms with Crippen LogP contribution in [-0.2, 0) is 6.54 Å². The molecule has 3 heteroatoms. The van der Waals surface area contributed by atoms with E-state index in [-0.39, 0.29) is 0 Å². The Balaban J connectivity index is 2.72. The molecule has 0 aliphatic carbocycles. The number of nitrogens with two attached hydrogens (primary N) is 1. The number of aryl methyl sites for hydroxylation is 3. The molecule has 98 valence electrons. The Kier molecular flexibility index (Phi) is 3.62. The van der Waals surface area contributed by atoms with Crippen LogP contribution in [0.4, 0.5) is 0 Å². The summed E-state index contributed by atoms with van der Waals surface area (Å²) in [7, 11) is 1.74. The number of methoxy groups -OCH3 is 1. The molecular formula is C15H22N2O. The van der Waals surface area contributed by atoms with Crippen LogP contribution in [0.2, 0.25) is 0 Å². The van der Waals surface area contributed by atoms with Crippen molar-refractivity contribution in [3.63, 3.8) is 0 Å². The van der Waals surface area contributed by atoms with Gasteiger partial charge in [0.2, 0.25) is 0 Å². The van der Waals surface area contributed by atoms with E-state index in [9.17, 15) is 0 Å². The molecule has 0 atom stereocenters. The Bertz CT molecular complexity index is 570. The highest BCUT2D eigenvalue weighted by Crippen LogP contribution is 2.33. The highest BCUT2D eigenvalue weighted by molar-refractivity contribution is 5.91. The van der Waals surface area contributed by atoms with E-state index >= 15 is 0 Å². The van der Waals surface area contributed by atoms with Crippen molar-refractivity contribution < 1.29 is 4.74 Å². The summed E-state index contributed by atoms with van der Waals surface area (Å²) in [5.41, 5.74) is 10.7. The molecule has 0 aliphatic rings. The average Bonchev–Trinajstić information content (AvgIpc) is 2.60. The first-order valence-electron chi connectivity index (χ1n) is 6.44. The van der Waals surface area contributed by atoms with Crippen molar-refractivity contribution in [2.24, 2.45) is 5.73 Å². The second-order valence-electron chi connectivity index (χ2n) is 4.87. The van der Waals surface area contributed by atoms with Crippen molar-refractivity contribution in [2.45, 2.75) is 33.7 Å². The number of rotatable bonds is 4. The molecule has 2 N–H and O–H groups in total. The van der Waals surface area contributed by atoms with E-state index < -0.39 is 0 Å². The summed E-state index contributed by atoms with van der Waals surface area (Å²) in [6.07, 6.45) is 0.987. The summed E-state index contributed by atoms with van der Waals surface area (Å²) in [5, 5.41) is 1.29. The number of aromatic nitrogens is 1. The molecule has 0 saturated heterocycles. The number of nitrogens with zero attached hydrogens (tertiary/aromatic N) is 1. The maximum Gasteiger partial charge on any atom is 0.143 e. The normalized spacial score (nSPS) is 11.2. The van der Waals surface area contributed by atoms with Crippen molar-refractivity contribution in [3.8, 4) is 5.75 Å². The van der Waals surface area contributed by atoms with Gasteiger partial charge in [0.05, 0.1) is 12.6 Å². The molecule has 0 radical (unpaired) electrons. The smallest absolute Gasteiger partial charge is 0.143 e. The van der Waals surface area contributed by atoms with Crippen LogP contribution in [0.3, 0.4) is 0 Å². The van der Waals surface area contributed by atoms with Gasteiger partial charge in [-0.15, -0.1) is 0 Å². The number of ether oxygens (including phenoxy) is 1. The van der Waals surface area contributed by atoms with Crippen LogP contribution in [0, 0.1) is 20.8 Å². The van der Waals surface area contributed by atoms with E-state index in [2.05, 4.69) is 37.5 Å². The fourth-order valence-electron chi connectivity index (χ4n) is 2.56. The first kappa shape index (κ1) is 13.0. The molecule has 0 fully saturated rings. The predicted molar refractivity (Wildman–Crippen MR) is 76.4 cm³/mol. The van der Waals surface area contributed by atoms with E-state index in [1.807, 2.05) is 0 Å². The van der Waals surface area contributed by atoms with Crippen LogP contribution >= 0.6 is 0 Å². The zero-order valence-electron chi connectivity index (χ0n) is 11.7. The topological polar surface area (TPSA) is 40.2 Å². The van der Waals surface area contributed by atoms with Gasteiger partial charge in [0.25, 0.3) is 0 Å². The van der Waals surface area contributed by atoms with E-state index in [4.69, 9.17) is 10.5 Å². The lowest BCUT2D eigenvalue weighted by Crippen LogP contribution is -2.07. The van der Waals surface area contributed by atoms with Gasteiger partial charge in [-0.25, -0.2) is 0 Å². The maximum absolute atomic E-state index is 5.63. The molecule has 1 heterocycles. The summed E-state index contributed by atoms with van der Waals surface area (Å²) < 4.78 is 7.87. The molecule has 0 unspecified atom stereocenters. The third kappa shape index (κ3) is 1.99. The zero-order valence-corrected chi connectivity index (χ0v) is 11.7. The molecule has 0 bridgehead atoms. The molecule has 2 aromatic rings. The van der Waals surface area contributed by atoms with Crippen molar-refractivity contribution >= 4 is 10.9 Å². The van der Waals surface area contributed by atoms with Gasteiger partial charge in [-0.1, -0.05) is 0 Å². The molecule has 0 amide bonds. The molecule has 0 saturated carbocycles. The second-order valence-corrected chi connectivity index (χ2v) is 4.87. The highest BCUT2D eigenvalue weighted by atomic mass is 16.5. The Morgan fingerprint density at radius 3 is 2.56 bits per heavy atom. The minimum Gasteiger partial charge on any atom is -0.495 e. The van der Waals surface area contributed by atoms with Gasteiger partial charge in [0.15, 0.2) is 0 Å². The maximum atomic E-state index is 5.63. The van der Waals surface area contributed by atoms with Gasteiger partial charge in [0.1, 0.15) is 5.75 Å². The summed E-state index contributed by atoms with van der Waals surface area (Å²) >= 11 is 0. The third-order valence-corrected chi connectivity index (χ3v) is 3.65. The Morgan fingerprint density at radius 2 is 1.94 bits per heavy atom. The average molecular weight is 246 g/mol. The Morgan fingerprint density at radius 1 is 1.22 bits per heavy atom. The van der Waals surface area contributed by atoms with Crippen molar-refractivity contribution in [1.82, 2.24) is 4.57 Å². The molecule has 0 aliphatic heterocycles. The van der Waals surface area contributed by atoms with E-state index in [1.54, 1.807) is 7.11 Å². The van der Waals surface area contributed by atoms with E-state index in [0.29, 0.717) is 6.54 Å². The minimum atomic E-state index is 0.715. The summed E-state index contributed by atoms with van der Waals surface area (Å²) in [6.45, 7) is 8.11. The molecule has 3 nitrogen and oxygen atoms in total. The lowest BCUT2D eigenvalue weighted by Gasteiger charge is -2.11. The Labute approximate surface area is 109 Å². The molecule has 2 rings (SSSR count). The molecule has 0 spiro atoms. The van der Waals surface area contributed by atoms with Gasteiger partial charge in [0, 0.05) is 17.6 Å². The molecular weight excluding hydrogens is 224 g/mol. The summed E-state index contributed by atoms with van der Waals surface area (Å²) in [6, 6.07) is 4.33. The standard InChI is InChI=1S/C15H22N2O/c1-10-8-13-11(2)12(3)17(7-5-6-16)15(13)14(9-10)18-4/h8-9H,5-7,16H2,1-4H3. The predicted octanol–water partition coefficient (Wildman–Crippen LogP) is 2.92. The van der Waals surface area contributed by atoms with Gasteiger partial charge in [-0.05, 0) is 57.0 Å². The SMILES string of the molecule is COc1cc(C)cc2c(C)c(C)n(CCCN)c12. The molecule has 1 aromatic heterocycles. The van der Waals surface area contributed by atoms with E-state index in [1.165, 1.54) is 27.7 Å². The lowest BCUT2D eigenvalue weighted by molar-refractivity contribution is 0.416. The minimum absolute atomic E-state index is 0.715. The first-order valence-corrected chi connectivity index (χ1v) is 6.44. The quantitative estimate of drug-likeness (QED) is 0.901. The van der Waals surface area contributed by atoms with Gasteiger partial charge >= 0.3 is 0 Å². The van der Waals surface area contributed by atoms with Crippen LogP contribution in [0.25, 0.3) is 10.9 Å². The van der Waals surface area contributed by atoms with Crippen LogP contribution in [0.1, 0.15) is 23.2 Å². The third-order valence-electron chi connectivity index (χ3n) is 3.65. The lowest BCUT2D eigenvalue weighted by atomic mass is 10.1. The number of hydrogen-bond acceptors (Lipinski definition) is 2. The summed E-state index contributed by atoms with van der Waals surface area (Å²) in [4.78, 5) is 0. The number of benzene rings is 1. The van der Waals surface area contributed by atoms with Gasteiger partial charge in [-0.2, -0.15) is 0 Å². The first-order chi connectivity index (χ1) is 8.60. The van der Waals surface area contributed by atoms with Crippen LogP contribution < -0.4 is 10.5 Å². The van der Waals surface area contributed by atoms with Gasteiger partial charge in [-0.3, -0.25) is 0 Å². The van der Waals surface area contributed by atoms with Crippen molar-refractivity contribution in [3.05, 3.63) is 29.0 Å².